The van der Waals surface area contributed by atoms with Crippen LogP contribution in [0.2, 0.25) is 0 Å². The van der Waals surface area contributed by atoms with Crippen LogP contribution in [0.5, 0.6) is 0 Å². The van der Waals surface area contributed by atoms with Crippen molar-refractivity contribution < 1.29 is 14.3 Å². The molecular weight excluding hydrogens is 358 g/mol. The van der Waals surface area contributed by atoms with Crippen LogP contribution >= 0.6 is 23.6 Å². The summed E-state index contributed by atoms with van der Waals surface area (Å²) in [4.78, 5) is 29.0. The molecule has 1 aliphatic carbocycles. The Morgan fingerprint density at radius 3 is 2.56 bits per heavy atom. The highest BCUT2D eigenvalue weighted by molar-refractivity contribution is 7.80. The third-order valence-corrected chi connectivity index (χ3v) is 6.33. The number of aryl methyl sites for hydroxylation is 1. The summed E-state index contributed by atoms with van der Waals surface area (Å²) in [6, 6.07) is 0. The Labute approximate surface area is 157 Å². The zero-order valence-corrected chi connectivity index (χ0v) is 16.2. The second kappa shape index (κ2) is 7.70. The largest absolute Gasteiger partial charge is 0.465 e. The number of carbonyl (C=O) groups excluding carboxylic acids is 2. The van der Waals surface area contributed by atoms with Crippen LogP contribution in [0, 0.1) is 0 Å². The maximum atomic E-state index is 12.2. The summed E-state index contributed by atoms with van der Waals surface area (Å²) in [6.45, 7) is 4.53. The molecule has 1 aliphatic heterocycles. The smallest absolute Gasteiger partial charge is 0.341 e. The number of anilines is 1. The van der Waals surface area contributed by atoms with Crippen molar-refractivity contribution in [3.63, 3.8) is 0 Å². The molecule has 0 spiro atoms. The standard InChI is InChI=1S/C17H23N3O3S2/c1-11(21)19-7-4-8-20(10-9-19)17(24)18-15-14(16(22)23-2)12-5-3-6-13(12)25-15/h3-10H2,1-2H3,(H,18,24). The van der Waals surface area contributed by atoms with E-state index in [1.165, 1.54) is 12.0 Å². The molecule has 3 rings (SSSR count). The van der Waals surface area contributed by atoms with E-state index in [1.807, 2.05) is 4.90 Å². The molecule has 0 saturated carbocycles. The number of nitrogens with zero attached hydrogens (tertiary/aromatic N) is 2. The minimum atomic E-state index is -0.302. The molecule has 1 fully saturated rings. The molecule has 6 nitrogen and oxygen atoms in total. The van der Waals surface area contributed by atoms with Gasteiger partial charge in [0, 0.05) is 38.0 Å². The molecule has 1 aromatic heterocycles. The molecule has 1 N–H and O–H groups in total. The molecule has 8 heteroatoms. The first kappa shape index (κ1) is 18.1. The maximum Gasteiger partial charge on any atom is 0.341 e. The fourth-order valence-corrected chi connectivity index (χ4v) is 5.05. The van der Waals surface area contributed by atoms with Crippen molar-refractivity contribution >= 4 is 45.5 Å². The molecule has 136 valence electrons. The van der Waals surface area contributed by atoms with Gasteiger partial charge in [-0.2, -0.15) is 0 Å². The number of fused-ring (bicyclic) bond motifs is 1. The van der Waals surface area contributed by atoms with E-state index in [1.54, 1.807) is 18.3 Å². The van der Waals surface area contributed by atoms with Crippen molar-refractivity contribution in [3.05, 3.63) is 16.0 Å². The number of hydrogen-bond acceptors (Lipinski definition) is 5. The number of hydrogen-bond donors (Lipinski definition) is 1. The molecule has 1 amide bonds. The van der Waals surface area contributed by atoms with E-state index in [2.05, 4.69) is 10.2 Å². The lowest BCUT2D eigenvalue weighted by Crippen LogP contribution is -2.38. The van der Waals surface area contributed by atoms with Gasteiger partial charge in [0.2, 0.25) is 5.91 Å². The first-order valence-electron chi connectivity index (χ1n) is 8.55. The number of carbonyl (C=O) groups is 2. The predicted molar refractivity (Wildman–Crippen MR) is 102 cm³/mol. The minimum Gasteiger partial charge on any atom is -0.465 e. The lowest BCUT2D eigenvalue weighted by molar-refractivity contribution is -0.128. The fraction of sp³-hybridized carbons (Fsp3) is 0.588. The molecule has 0 bridgehead atoms. The number of methoxy groups -OCH3 is 1. The molecule has 2 heterocycles. The molecule has 0 unspecified atom stereocenters. The topological polar surface area (TPSA) is 61.9 Å². The first-order chi connectivity index (χ1) is 12.0. The van der Waals surface area contributed by atoms with Crippen molar-refractivity contribution in [2.45, 2.75) is 32.6 Å². The summed E-state index contributed by atoms with van der Waals surface area (Å²) in [6.07, 6.45) is 3.90. The van der Waals surface area contributed by atoms with E-state index in [0.29, 0.717) is 23.8 Å². The van der Waals surface area contributed by atoms with Gasteiger partial charge < -0.3 is 19.9 Å². The zero-order chi connectivity index (χ0) is 18.0. The van der Waals surface area contributed by atoms with E-state index in [9.17, 15) is 9.59 Å². The van der Waals surface area contributed by atoms with E-state index < -0.39 is 0 Å². The van der Waals surface area contributed by atoms with E-state index in [-0.39, 0.29) is 11.9 Å². The number of thiocarbonyl (C=S) groups is 1. The van der Waals surface area contributed by atoms with Gasteiger partial charge in [-0.25, -0.2) is 4.79 Å². The van der Waals surface area contributed by atoms with Crippen molar-refractivity contribution in [2.75, 3.05) is 38.6 Å². The summed E-state index contributed by atoms with van der Waals surface area (Å²) in [5, 5.41) is 4.66. The monoisotopic (exact) mass is 381 g/mol. The average molecular weight is 382 g/mol. The van der Waals surface area contributed by atoms with Crippen LogP contribution in [0.25, 0.3) is 0 Å². The molecule has 1 aromatic rings. The van der Waals surface area contributed by atoms with E-state index >= 15 is 0 Å². The predicted octanol–water partition coefficient (Wildman–Crippen LogP) is 2.27. The number of amides is 1. The third-order valence-electron chi connectivity index (χ3n) is 4.76. The van der Waals surface area contributed by atoms with Crippen molar-refractivity contribution in [1.29, 1.82) is 0 Å². The van der Waals surface area contributed by atoms with Gasteiger partial charge in [0.15, 0.2) is 5.11 Å². The van der Waals surface area contributed by atoms with Crippen molar-refractivity contribution in [2.24, 2.45) is 0 Å². The first-order valence-corrected chi connectivity index (χ1v) is 9.78. The Morgan fingerprint density at radius 1 is 1.12 bits per heavy atom. The van der Waals surface area contributed by atoms with Gasteiger partial charge in [0.05, 0.1) is 12.7 Å². The lowest BCUT2D eigenvalue weighted by Gasteiger charge is -2.24. The van der Waals surface area contributed by atoms with Crippen LogP contribution in [0.15, 0.2) is 0 Å². The third kappa shape index (κ3) is 3.79. The highest BCUT2D eigenvalue weighted by Gasteiger charge is 2.28. The Kier molecular flexibility index (Phi) is 5.58. The van der Waals surface area contributed by atoms with Crippen LogP contribution in [-0.4, -0.2) is 60.1 Å². The lowest BCUT2D eigenvalue weighted by atomic mass is 10.1. The van der Waals surface area contributed by atoms with Crippen molar-refractivity contribution in [3.8, 4) is 0 Å². The van der Waals surface area contributed by atoms with Gasteiger partial charge in [-0.15, -0.1) is 11.3 Å². The fourth-order valence-electron chi connectivity index (χ4n) is 3.42. The summed E-state index contributed by atoms with van der Waals surface area (Å²) in [5.74, 6) is -0.202. The molecular formula is C17H23N3O3S2. The normalized spacial score (nSPS) is 17.0. The average Bonchev–Trinajstić information content (AvgIpc) is 3.04. The van der Waals surface area contributed by atoms with Gasteiger partial charge in [-0.3, -0.25) is 4.79 Å². The molecule has 0 atom stereocenters. The maximum absolute atomic E-state index is 12.2. The number of nitrogens with one attached hydrogen (secondary N) is 1. The highest BCUT2D eigenvalue weighted by atomic mass is 32.1. The van der Waals surface area contributed by atoms with Gasteiger partial charge >= 0.3 is 5.97 Å². The van der Waals surface area contributed by atoms with E-state index in [0.717, 1.165) is 49.3 Å². The zero-order valence-electron chi connectivity index (χ0n) is 14.6. The number of thiophene rings is 1. The minimum absolute atomic E-state index is 0.100. The quantitative estimate of drug-likeness (QED) is 0.626. The van der Waals surface area contributed by atoms with Gasteiger partial charge in [-0.05, 0) is 43.5 Å². The van der Waals surface area contributed by atoms with Crippen LogP contribution in [0.1, 0.15) is 40.6 Å². The summed E-state index contributed by atoms with van der Waals surface area (Å²) in [7, 11) is 1.41. The van der Waals surface area contributed by atoms with Crippen LogP contribution in [0.4, 0.5) is 5.00 Å². The Balaban J connectivity index is 1.73. The SMILES string of the molecule is COC(=O)c1c(NC(=S)N2CCCN(C(C)=O)CC2)sc2c1CCC2. The molecule has 2 aliphatic rings. The summed E-state index contributed by atoms with van der Waals surface area (Å²) in [5.41, 5.74) is 1.75. The second-order valence-corrected chi connectivity index (χ2v) is 7.82. The van der Waals surface area contributed by atoms with Crippen molar-refractivity contribution in [1.82, 2.24) is 9.80 Å². The van der Waals surface area contributed by atoms with Crippen LogP contribution in [-0.2, 0) is 22.4 Å². The van der Waals surface area contributed by atoms with Crippen LogP contribution < -0.4 is 5.32 Å². The van der Waals surface area contributed by atoms with E-state index in [4.69, 9.17) is 17.0 Å². The van der Waals surface area contributed by atoms with Crippen LogP contribution in [0.3, 0.4) is 0 Å². The van der Waals surface area contributed by atoms with Gasteiger partial charge in [-0.1, -0.05) is 0 Å². The molecule has 0 radical (unpaired) electrons. The summed E-state index contributed by atoms with van der Waals surface area (Å²) < 4.78 is 4.97. The molecule has 1 saturated heterocycles. The molecule has 25 heavy (non-hydrogen) atoms. The Morgan fingerprint density at radius 2 is 1.84 bits per heavy atom. The Bertz CT molecular complexity index is 702. The Hall–Kier alpha value is -1.67. The number of rotatable bonds is 2. The number of ether oxygens (including phenoxy) is 1. The second-order valence-electron chi connectivity index (χ2n) is 6.33. The molecule has 0 aromatic carbocycles. The summed E-state index contributed by atoms with van der Waals surface area (Å²) >= 11 is 7.18. The van der Waals surface area contributed by atoms with Gasteiger partial charge in [0.25, 0.3) is 0 Å². The highest BCUT2D eigenvalue weighted by Crippen LogP contribution is 2.39. The van der Waals surface area contributed by atoms with Gasteiger partial charge in [0.1, 0.15) is 5.00 Å². The number of esters is 1.